The third-order valence-electron chi connectivity index (χ3n) is 3.23. The van der Waals surface area contributed by atoms with E-state index in [-0.39, 0.29) is 16.4 Å². The lowest BCUT2D eigenvalue weighted by Gasteiger charge is -2.08. The quantitative estimate of drug-likeness (QED) is 0.611. The van der Waals surface area contributed by atoms with E-state index in [0.717, 1.165) is 9.54 Å². The van der Waals surface area contributed by atoms with Crippen molar-refractivity contribution in [2.45, 2.75) is 11.8 Å². The number of hydrogen-bond acceptors (Lipinski definition) is 6. The Kier molecular flexibility index (Phi) is 3.81. The first kappa shape index (κ1) is 15.7. The number of aromatic nitrogens is 3. The first-order valence-electron chi connectivity index (χ1n) is 6.79. The summed E-state index contributed by atoms with van der Waals surface area (Å²) in [5, 5.41) is 8.54. The molecule has 9 nitrogen and oxygen atoms in total. The summed E-state index contributed by atoms with van der Waals surface area (Å²) >= 11 is 0. The lowest BCUT2D eigenvalue weighted by atomic mass is 10.2. The molecule has 3 rings (SSSR count). The van der Waals surface area contributed by atoms with Gasteiger partial charge in [0.05, 0.1) is 11.1 Å². The Morgan fingerprint density at radius 2 is 1.92 bits per heavy atom. The van der Waals surface area contributed by atoms with Gasteiger partial charge in [0, 0.05) is 6.20 Å². The molecule has 0 fully saturated rings. The number of carboxylic acid groups (broad SMARTS) is 1. The third kappa shape index (κ3) is 2.86. The number of rotatable bonds is 4. The van der Waals surface area contributed by atoms with Crippen LogP contribution < -0.4 is 10.9 Å². The summed E-state index contributed by atoms with van der Waals surface area (Å²) < 4.78 is 26.5. The normalized spacial score (nSPS) is 11.4. The van der Waals surface area contributed by atoms with Crippen LogP contribution in [0.1, 0.15) is 5.56 Å². The van der Waals surface area contributed by atoms with Crippen molar-refractivity contribution in [1.29, 1.82) is 0 Å². The molecular formula is C14H13N5O4S. The van der Waals surface area contributed by atoms with Crippen molar-refractivity contribution in [3.05, 3.63) is 48.3 Å². The zero-order valence-corrected chi connectivity index (χ0v) is 13.3. The maximum Gasteiger partial charge on any atom is 0.423 e. The molecule has 3 aromatic rings. The fourth-order valence-electron chi connectivity index (χ4n) is 2.08. The van der Waals surface area contributed by atoms with Gasteiger partial charge in [-0.15, -0.1) is 0 Å². The number of nitrogens with zero attached hydrogens (tertiary/aromatic N) is 3. The summed E-state index contributed by atoms with van der Waals surface area (Å²) in [7, 11) is -3.79. The summed E-state index contributed by atoms with van der Waals surface area (Å²) in [4.78, 5) is 18.7. The van der Waals surface area contributed by atoms with Crippen LogP contribution in [0.5, 0.6) is 0 Å². The van der Waals surface area contributed by atoms with Gasteiger partial charge in [0.2, 0.25) is 0 Å². The van der Waals surface area contributed by atoms with Gasteiger partial charge in [-0.25, -0.2) is 32.6 Å². The van der Waals surface area contributed by atoms with E-state index in [1.165, 1.54) is 30.6 Å². The summed E-state index contributed by atoms with van der Waals surface area (Å²) in [6.45, 7) is 1.87. The number of carbonyl (C=O) groups is 1. The highest BCUT2D eigenvalue weighted by Gasteiger charge is 2.20. The van der Waals surface area contributed by atoms with Crippen LogP contribution in [0.3, 0.4) is 0 Å². The molecule has 0 bridgehead atoms. The molecule has 124 valence electrons. The van der Waals surface area contributed by atoms with E-state index >= 15 is 0 Å². The van der Waals surface area contributed by atoms with Crippen LogP contribution in [0, 0.1) is 6.92 Å². The molecule has 0 saturated carbocycles. The number of anilines is 1. The lowest BCUT2D eigenvalue weighted by molar-refractivity contribution is 0.197. The number of amides is 1. The first-order valence-corrected chi connectivity index (χ1v) is 8.23. The van der Waals surface area contributed by atoms with E-state index in [2.05, 4.69) is 15.4 Å². The number of benzene rings is 1. The van der Waals surface area contributed by atoms with E-state index in [1.807, 2.05) is 12.3 Å². The molecule has 1 aromatic carbocycles. The third-order valence-corrected chi connectivity index (χ3v) is 4.91. The molecule has 0 aliphatic heterocycles. The molecule has 0 atom stereocenters. The smallest absolute Gasteiger partial charge is 0.423 e. The van der Waals surface area contributed by atoms with Gasteiger partial charge in [-0.05, 0) is 25.1 Å². The van der Waals surface area contributed by atoms with Gasteiger partial charge in [-0.1, -0.05) is 17.7 Å². The molecule has 2 aromatic heterocycles. The standard InChI is InChI=1S/C14H13N5O4S/c1-9-2-4-10(5-3-9)24(22,23)19-7-6-11-13(19)15-8-12(16-11)17-18-14(20)21/h2-8,18H,1H3,(H,16,17)(H,20,21). The van der Waals surface area contributed by atoms with Crippen LogP contribution in [-0.2, 0) is 10.0 Å². The van der Waals surface area contributed by atoms with Crippen LogP contribution in [0.25, 0.3) is 11.2 Å². The molecule has 0 spiro atoms. The minimum absolute atomic E-state index is 0.141. The first-order chi connectivity index (χ1) is 11.4. The van der Waals surface area contributed by atoms with Gasteiger partial charge in [0.1, 0.15) is 5.52 Å². The van der Waals surface area contributed by atoms with Gasteiger partial charge in [0.25, 0.3) is 10.0 Å². The Morgan fingerprint density at radius 1 is 1.21 bits per heavy atom. The molecule has 0 aliphatic carbocycles. The summed E-state index contributed by atoms with van der Waals surface area (Å²) in [6.07, 6.45) is 1.31. The van der Waals surface area contributed by atoms with Crippen molar-refractivity contribution < 1.29 is 18.3 Å². The van der Waals surface area contributed by atoms with Gasteiger partial charge in [-0.2, -0.15) is 0 Å². The number of aryl methyl sites for hydroxylation is 1. The molecule has 0 unspecified atom stereocenters. The Hall–Kier alpha value is -3.14. The number of hydrazine groups is 1. The van der Waals surface area contributed by atoms with Crippen molar-refractivity contribution in [2.24, 2.45) is 0 Å². The van der Waals surface area contributed by atoms with Gasteiger partial charge < -0.3 is 5.11 Å². The second-order valence-corrected chi connectivity index (χ2v) is 6.76. The molecule has 0 saturated heterocycles. The predicted octanol–water partition coefficient (Wildman–Crippen LogP) is 1.57. The molecule has 24 heavy (non-hydrogen) atoms. The van der Waals surface area contributed by atoms with Gasteiger partial charge in [0.15, 0.2) is 11.5 Å². The van der Waals surface area contributed by atoms with Crippen molar-refractivity contribution >= 4 is 33.1 Å². The Labute approximate surface area is 137 Å². The summed E-state index contributed by atoms with van der Waals surface area (Å²) in [5.74, 6) is 0.149. The molecule has 1 amide bonds. The van der Waals surface area contributed by atoms with E-state index in [9.17, 15) is 13.2 Å². The topological polar surface area (TPSA) is 126 Å². The summed E-state index contributed by atoms with van der Waals surface area (Å²) in [6, 6.07) is 7.96. The fourth-order valence-corrected chi connectivity index (χ4v) is 3.38. The van der Waals surface area contributed by atoms with Crippen molar-refractivity contribution in [2.75, 3.05) is 5.43 Å². The molecule has 0 aliphatic rings. The highest BCUT2D eigenvalue weighted by atomic mass is 32.2. The van der Waals surface area contributed by atoms with Crippen molar-refractivity contribution in [1.82, 2.24) is 19.4 Å². The molecule has 10 heteroatoms. The number of nitrogens with one attached hydrogen (secondary N) is 2. The number of hydrogen-bond donors (Lipinski definition) is 3. The second kappa shape index (κ2) is 5.81. The lowest BCUT2D eigenvalue weighted by Crippen LogP contribution is -2.27. The largest absolute Gasteiger partial charge is 0.464 e. The van der Waals surface area contributed by atoms with Crippen LogP contribution in [0.15, 0.2) is 47.6 Å². The Morgan fingerprint density at radius 3 is 2.58 bits per heavy atom. The highest BCUT2D eigenvalue weighted by molar-refractivity contribution is 7.90. The SMILES string of the molecule is Cc1ccc(S(=O)(=O)n2ccc3nc(NNC(=O)O)cnc32)cc1. The zero-order chi connectivity index (χ0) is 17.3. The van der Waals surface area contributed by atoms with E-state index < -0.39 is 16.1 Å². The van der Waals surface area contributed by atoms with Crippen molar-refractivity contribution in [3.8, 4) is 0 Å². The Balaban J connectivity index is 2.01. The maximum absolute atomic E-state index is 12.7. The van der Waals surface area contributed by atoms with E-state index in [0.29, 0.717) is 5.52 Å². The van der Waals surface area contributed by atoms with Crippen LogP contribution in [0.2, 0.25) is 0 Å². The minimum atomic E-state index is -3.79. The maximum atomic E-state index is 12.7. The van der Waals surface area contributed by atoms with Crippen LogP contribution in [0.4, 0.5) is 10.6 Å². The average molecular weight is 347 g/mol. The molecule has 3 N–H and O–H groups in total. The Bertz CT molecular complexity index is 1010. The number of fused-ring (bicyclic) bond motifs is 1. The van der Waals surface area contributed by atoms with Gasteiger partial charge >= 0.3 is 6.09 Å². The van der Waals surface area contributed by atoms with E-state index in [1.54, 1.807) is 12.1 Å². The van der Waals surface area contributed by atoms with Crippen LogP contribution in [-0.4, -0.2) is 33.6 Å². The molecular weight excluding hydrogens is 334 g/mol. The zero-order valence-electron chi connectivity index (χ0n) is 12.5. The monoisotopic (exact) mass is 347 g/mol. The van der Waals surface area contributed by atoms with Crippen molar-refractivity contribution in [3.63, 3.8) is 0 Å². The summed E-state index contributed by atoms with van der Waals surface area (Å²) in [5.41, 5.74) is 5.68. The highest BCUT2D eigenvalue weighted by Crippen LogP contribution is 2.20. The molecule has 2 heterocycles. The predicted molar refractivity (Wildman–Crippen MR) is 86.1 cm³/mol. The molecule has 0 radical (unpaired) electrons. The minimum Gasteiger partial charge on any atom is -0.464 e. The second-order valence-electron chi connectivity index (χ2n) is 4.95. The van der Waals surface area contributed by atoms with E-state index in [4.69, 9.17) is 5.11 Å². The van der Waals surface area contributed by atoms with Crippen LogP contribution >= 0.6 is 0 Å². The van der Waals surface area contributed by atoms with Gasteiger partial charge in [-0.3, -0.25) is 5.43 Å². The average Bonchev–Trinajstić information content (AvgIpc) is 2.97. The fraction of sp³-hybridized carbons (Fsp3) is 0.0714.